The molecule has 0 spiro atoms. The van der Waals surface area contributed by atoms with Gasteiger partial charge in [0.2, 0.25) is 0 Å². The van der Waals surface area contributed by atoms with Gasteiger partial charge in [0.1, 0.15) is 0 Å². The van der Waals surface area contributed by atoms with Crippen LogP contribution in [-0.4, -0.2) is 31.1 Å². The lowest BCUT2D eigenvalue weighted by molar-refractivity contribution is 0.176. The van der Waals surface area contributed by atoms with Crippen LogP contribution in [0.15, 0.2) is 24.3 Å². The molecule has 0 radical (unpaired) electrons. The van der Waals surface area contributed by atoms with Gasteiger partial charge in [-0.1, -0.05) is 19.1 Å². The second kappa shape index (κ2) is 6.76. The Labute approximate surface area is 110 Å². The molecular weight excluding hydrogens is 222 g/mol. The van der Waals surface area contributed by atoms with Crippen LogP contribution in [0, 0.1) is 5.92 Å². The Morgan fingerprint density at radius 2 is 2.11 bits per heavy atom. The highest BCUT2D eigenvalue weighted by Gasteiger charge is 2.15. The summed E-state index contributed by atoms with van der Waals surface area (Å²) >= 11 is 0. The van der Waals surface area contributed by atoms with E-state index in [0.29, 0.717) is 6.54 Å². The fourth-order valence-electron chi connectivity index (χ4n) is 2.63. The van der Waals surface area contributed by atoms with Gasteiger partial charge >= 0.3 is 0 Å². The van der Waals surface area contributed by atoms with E-state index < -0.39 is 0 Å². The number of rotatable bonds is 5. The van der Waals surface area contributed by atoms with E-state index in [1.54, 1.807) is 0 Å². The van der Waals surface area contributed by atoms with Gasteiger partial charge in [-0.3, -0.25) is 4.90 Å². The van der Waals surface area contributed by atoms with Crippen LogP contribution in [0.3, 0.4) is 0 Å². The van der Waals surface area contributed by atoms with Crippen LogP contribution in [0.5, 0.6) is 0 Å². The number of nitrogens with two attached hydrogens (primary N) is 1. The minimum atomic E-state index is 0.674. The molecule has 100 valence electrons. The summed E-state index contributed by atoms with van der Waals surface area (Å²) in [6.45, 7) is 7.44. The third kappa shape index (κ3) is 4.00. The molecule has 3 N–H and O–H groups in total. The first kappa shape index (κ1) is 13.4. The lowest BCUT2D eigenvalue weighted by Gasteiger charge is -2.30. The van der Waals surface area contributed by atoms with E-state index in [1.165, 1.54) is 31.5 Å². The van der Waals surface area contributed by atoms with Crippen LogP contribution in [-0.2, 0) is 6.54 Å². The summed E-state index contributed by atoms with van der Waals surface area (Å²) in [5, 5.41) is 3.29. The van der Waals surface area contributed by atoms with Crippen molar-refractivity contribution >= 4 is 5.69 Å². The van der Waals surface area contributed by atoms with Gasteiger partial charge in [-0.2, -0.15) is 0 Å². The fraction of sp³-hybridized carbons (Fsp3) is 0.600. The van der Waals surface area contributed by atoms with Gasteiger partial charge in [-0.05, 0) is 43.0 Å². The Hall–Kier alpha value is -1.06. The van der Waals surface area contributed by atoms with E-state index in [2.05, 4.69) is 41.4 Å². The summed E-state index contributed by atoms with van der Waals surface area (Å²) in [6.07, 6.45) is 2.73. The predicted octanol–water partition coefficient (Wildman–Crippen LogP) is 2.29. The van der Waals surface area contributed by atoms with Crippen molar-refractivity contribution in [3.63, 3.8) is 0 Å². The van der Waals surface area contributed by atoms with Crippen molar-refractivity contribution in [1.29, 1.82) is 0 Å². The van der Waals surface area contributed by atoms with E-state index in [0.717, 1.165) is 24.7 Å². The summed E-state index contributed by atoms with van der Waals surface area (Å²) < 4.78 is 0. The average Bonchev–Trinajstić information content (AvgIpc) is 2.38. The molecule has 1 unspecified atom stereocenters. The molecule has 1 aliphatic rings. The number of hydrogen-bond donors (Lipinski definition) is 2. The molecule has 1 aliphatic heterocycles. The summed E-state index contributed by atoms with van der Waals surface area (Å²) in [4.78, 5) is 2.57. The van der Waals surface area contributed by atoms with Crippen molar-refractivity contribution < 1.29 is 0 Å². The lowest BCUT2D eigenvalue weighted by Crippen LogP contribution is -2.33. The Kier molecular flexibility index (Phi) is 5.02. The number of hydrogen-bond acceptors (Lipinski definition) is 3. The number of nitrogens with one attached hydrogen (secondary N) is 1. The summed E-state index contributed by atoms with van der Waals surface area (Å²) in [6, 6.07) is 8.74. The number of anilines is 1. The molecule has 0 saturated carbocycles. The Morgan fingerprint density at radius 3 is 2.78 bits per heavy atom. The fourth-order valence-corrected chi connectivity index (χ4v) is 2.63. The standard InChI is InChI=1S/C15H25N3/c1-13-3-2-10-18(11-13)12-14-4-6-15(7-5-14)17-9-8-16/h4-7,13,17H,2-3,8-12,16H2,1H3. The number of piperidine rings is 1. The van der Waals surface area contributed by atoms with Gasteiger partial charge < -0.3 is 11.1 Å². The number of likely N-dealkylation sites (tertiary alicyclic amines) is 1. The van der Waals surface area contributed by atoms with Gasteiger partial charge in [-0.25, -0.2) is 0 Å². The Morgan fingerprint density at radius 1 is 1.33 bits per heavy atom. The second-order valence-electron chi connectivity index (χ2n) is 5.39. The van der Waals surface area contributed by atoms with E-state index in [9.17, 15) is 0 Å². The molecule has 1 atom stereocenters. The largest absolute Gasteiger partial charge is 0.384 e. The maximum absolute atomic E-state index is 5.47. The number of nitrogens with zero attached hydrogens (tertiary/aromatic N) is 1. The van der Waals surface area contributed by atoms with Crippen molar-refractivity contribution in [3.8, 4) is 0 Å². The number of benzene rings is 1. The predicted molar refractivity (Wildman–Crippen MR) is 77.7 cm³/mol. The Balaban J connectivity index is 1.85. The smallest absolute Gasteiger partial charge is 0.0340 e. The van der Waals surface area contributed by atoms with Crippen LogP contribution in [0.25, 0.3) is 0 Å². The lowest BCUT2D eigenvalue weighted by atomic mass is 10.00. The molecule has 0 aromatic heterocycles. The van der Waals surface area contributed by atoms with E-state index in [1.807, 2.05) is 0 Å². The van der Waals surface area contributed by atoms with E-state index in [-0.39, 0.29) is 0 Å². The molecule has 2 rings (SSSR count). The SMILES string of the molecule is CC1CCCN(Cc2ccc(NCCN)cc2)C1. The molecule has 3 nitrogen and oxygen atoms in total. The zero-order valence-corrected chi connectivity index (χ0v) is 11.4. The molecule has 0 bridgehead atoms. The minimum Gasteiger partial charge on any atom is -0.384 e. The highest BCUT2D eigenvalue weighted by Crippen LogP contribution is 2.18. The normalized spacial score (nSPS) is 20.9. The van der Waals surface area contributed by atoms with Crippen LogP contribution < -0.4 is 11.1 Å². The van der Waals surface area contributed by atoms with Crippen molar-refractivity contribution in [1.82, 2.24) is 4.90 Å². The molecule has 1 fully saturated rings. The molecule has 0 amide bonds. The third-order valence-electron chi connectivity index (χ3n) is 3.57. The summed E-state index contributed by atoms with van der Waals surface area (Å²) in [7, 11) is 0. The maximum atomic E-state index is 5.47. The summed E-state index contributed by atoms with van der Waals surface area (Å²) in [5.41, 5.74) is 8.04. The highest BCUT2D eigenvalue weighted by molar-refractivity contribution is 5.44. The van der Waals surface area contributed by atoms with Crippen molar-refractivity contribution in [3.05, 3.63) is 29.8 Å². The zero-order valence-electron chi connectivity index (χ0n) is 11.4. The maximum Gasteiger partial charge on any atom is 0.0340 e. The van der Waals surface area contributed by atoms with Crippen LogP contribution in [0.4, 0.5) is 5.69 Å². The minimum absolute atomic E-state index is 0.674. The molecule has 1 aromatic carbocycles. The van der Waals surface area contributed by atoms with Gasteiger partial charge in [0.25, 0.3) is 0 Å². The molecule has 1 saturated heterocycles. The van der Waals surface area contributed by atoms with Crippen molar-refractivity contribution in [2.24, 2.45) is 11.7 Å². The van der Waals surface area contributed by atoms with Crippen LogP contribution in [0.1, 0.15) is 25.3 Å². The first-order chi connectivity index (χ1) is 8.78. The van der Waals surface area contributed by atoms with E-state index >= 15 is 0 Å². The summed E-state index contributed by atoms with van der Waals surface area (Å²) in [5.74, 6) is 0.851. The van der Waals surface area contributed by atoms with Gasteiger partial charge in [0, 0.05) is 31.9 Å². The first-order valence-corrected chi connectivity index (χ1v) is 7.03. The monoisotopic (exact) mass is 247 g/mol. The quantitative estimate of drug-likeness (QED) is 0.839. The van der Waals surface area contributed by atoms with Crippen LogP contribution >= 0.6 is 0 Å². The second-order valence-corrected chi connectivity index (χ2v) is 5.39. The van der Waals surface area contributed by atoms with Gasteiger partial charge in [0.05, 0.1) is 0 Å². The highest BCUT2D eigenvalue weighted by atomic mass is 15.1. The average molecular weight is 247 g/mol. The zero-order chi connectivity index (χ0) is 12.8. The van der Waals surface area contributed by atoms with Gasteiger partial charge in [0.15, 0.2) is 0 Å². The molecule has 1 heterocycles. The third-order valence-corrected chi connectivity index (χ3v) is 3.57. The molecule has 1 aromatic rings. The molecule has 0 aliphatic carbocycles. The molecule has 18 heavy (non-hydrogen) atoms. The topological polar surface area (TPSA) is 41.3 Å². The molecule has 3 heteroatoms. The van der Waals surface area contributed by atoms with E-state index in [4.69, 9.17) is 5.73 Å². The Bertz CT molecular complexity index is 347. The van der Waals surface area contributed by atoms with Crippen LogP contribution in [0.2, 0.25) is 0 Å². The first-order valence-electron chi connectivity index (χ1n) is 7.03. The molecular formula is C15H25N3. The van der Waals surface area contributed by atoms with Gasteiger partial charge in [-0.15, -0.1) is 0 Å². The van der Waals surface area contributed by atoms with Crippen molar-refractivity contribution in [2.45, 2.75) is 26.3 Å². The van der Waals surface area contributed by atoms with Crippen molar-refractivity contribution in [2.75, 3.05) is 31.5 Å².